The monoisotopic (exact) mass is 393 g/mol. The number of carbonyl (C=O) groups is 1. The third kappa shape index (κ3) is 3.75. The molecule has 1 aliphatic heterocycles. The fourth-order valence-corrected chi connectivity index (χ4v) is 3.81. The van der Waals surface area contributed by atoms with E-state index in [-0.39, 0.29) is 23.7 Å². The van der Waals surface area contributed by atoms with Gasteiger partial charge in [-0.15, -0.1) is 0 Å². The number of benzene rings is 2. The maximum absolute atomic E-state index is 11.5. The highest BCUT2D eigenvalue weighted by molar-refractivity contribution is 7.80. The van der Waals surface area contributed by atoms with Gasteiger partial charge in [0.25, 0.3) is 5.17 Å². The minimum atomic E-state index is -0.951. The molecule has 2 heterocycles. The quantitative estimate of drug-likeness (QED) is 0.653. The Kier molecular flexibility index (Phi) is 5.08. The molecule has 0 bridgehead atoms. The van der Waals surface area contributed by atoms with Gasteiger partial charge in [-0.1, -0.05) is 42.5 Å². The highest BCUT2D eigenvalue weighted by atomic mass is 32.1. The molecule has 2 unspecified atom stereocenters. The van der Waals surface area contributed by atoms with E-state index in [0.29, 0.717) is 6.54 Å². The van der Waals surface area contributed by atoms with Gasteiger partial charge in [-0.2, -0.15) is 0 Å². The van der Waals surface area contributed by atoms with Crippen molar-refractivity contribution in [2.45, 2.75) is 12.0 Å². The van der Waals surface area contributed by atoms with E-state index in [1.54, 1.807) is 12.4 Å². The normalized spacial score (nSPS) is 18.8. The van der Waals surface area contributed by atoms with Crippen LogP contribution in [0.15, 0.2) is 67.0 Å². The molecule has 3 aromatic rings. The van der Waals surface area contributed by atoms with Crippen molar-refractivity contribution in [1.29, 1.82) is 0 Å². The number of fused-ring (bicyclic) bond motifs is 1. The standard InChI is InChI=1S/C21H19N3O3S/c25-21(26)24-12-17(14-5-2-1-3-6-14)19(13-24)27-20(28)23-18-8-4-7-15-11-22-10-9-16(15)18/h1-11,17,19H,12-13H2,(H,23,28)(H,25,26). The van der Waals surface area contributed by atoms with E-state index in [0.717, 1.165) is 22.0 Å². The molecule has 1 aliphatic rings. The molecule has 4 rings (SSSR count). The molecule has 0 spiro atoms. The topological polar surface area (TPSA) is 74.7 Å². The lowest BCUT2D eigenvalue weighted by Crippen LogP contribution is -2.30. The molecule has 1 saturated heterocycles. The van der Waals surface area contributed by atoms with Crippen LogP contribution >= 0.6 is 12.2 Å². The van der Waals surface area contributed by atoms with Crippen molar-refractivity contribution in [3.05, 3.63) is 72.6 Å². The van der Waals surface area contributed by atoms with Crippen LogP contribution in [0.3, 0.4) is 0 Å². The van der Waals surface area contributed by atoms with Gasteiger partial charge in [0.1, 0.15) is 6.10 Å². The van der Waals surface area contributed by atoms with E-state index in [4.69, 9.17) is 17.0 Å². The molecule has 0 aliphatic carbocycles. The maximum atomic E-state index is 11.5. The summed E-state index contributed by atoms with van der Waals surface area (Å²) < 4.78 is 6.01. The summed E-state index contributed by atoms with van der Waals surface area (Å²) in [5.74, 6) is -0.0752. The lowest BCUT2D eigenvalue weighted by atomic mass is 9.96. The zero-order valence-electron chi connectivity index (χ0n) is 15.0. The first kappa shape index (κ1) is 18.2. The second-order valence-electron chi connectivity index (χ2n) is 6.68. The van der Waals surface area contributed by atoms with Crippen molar-refractivity contribution in [2.24, 2.45) is 0 Å². The summed E-state index contributed by atoms with van der Waals surface area (Å²) in [4.78, 5) is 17.0. The van der Waals surface area contributed by atoms with Gasteiger partial charge >= 0.3 is 6.09 Å². The summed E-state index contributed by atoms with van der Waals surface area (Å²) in [5.41, 5.74) is 1.87. The van der Waals surface area contributed by atoms with E-state index in [1.165, 1.54) is 4.90 Å². The van der Waals surface area contributed by atoms with Crippen LogP contribution in [0.5, 0.6) is 0 Å². The summed E-state index contributed by atoms with van der Waals surface area (Å²) >= 11 is 5.43. The molecular weight excluding hydrogens is 374 g/mol. The van der Waals surface area contributed by atoms with E-state index in [1.807, 2.05) is 54.6 Å². The number of ether oxygens (including phenoxy) is 1. The molecule has 1 fully saturated rings. The number of hydrogen-bond donors (Lipinski definition) is 2. The largest absolute Gasteiger partial charge is 0.465 e. The first-order valence-corrected chi connectivity index (χ1v) is 9.36. The number of thiocarbonyl (C=S) groups is 1. The Morgan fingerprint density at radius 3 is 2.75 bits per heavy atom. The van der Waals surface area contributed by atoms with E-state index < -0.39 is 6.09 Å². The molecule has 0 radical (unpaired) electrons. The van der Waals surface area contributed by atoms with Crippen molar-refractivity contribution in [2.75, 3.05) is 18.4 Å². The second-order valence-corrected chi connectivity index (χ2v) is 7.05. The van der Waals surface area contributed by atoms with Gasteiger partial charge in [-0.05, 0) is 29.9 Å². The summed E-state index contributed by atoms with van der Waals surface area (Å²) in [6.45, 7) is 0.655. The summed E-state index contributed by atoms with van der Waals surface area (Å²) in [5, 5.41) is 14.8. The third-order valence-electron chi connectivity index (χ3n) is 4.94. The number of likely N-dealkylation sites (tertiary alicyclic amines) is 1. The smallest absolute Gasteiger partial charge is 0.407 e. The van der Waals surface area contributed by atoms with Gasteiger partial charge in [0.05, 0.1) is 6.54 Å². The van der Waals surface area contributed by atoms with Gasteiger partial charge in [-0.25, -0.2) is 4.79 Å². The van der Waals surface area contributed by atoms with Crippen LogP contribution in [-0.4, -0.2) is 45.5 Å². The van der Waals surface area contributed by atoms with Crippen molar-refractivity contribution < 1.29 is 14.6 Å². The summed E-state index contributed by atoms with van der Waals surface area (Å²) in [6.07, 6.45) is 2.21. The Labute approximate surface area is 167 Å². The van der Waals surface area contributed by atoms with Crippen molar-refractivity contribution >= 4 is 39.9 Å². The molecular formula is C21H19N3O3S. The Hall–Kier alpha value is -3.19. The predicted molar refractivity (Wildman–Crippen MR) is 112 cm³/mol. The van der Waals surface area contributed by atoms with Crippen LogP contribution in [-0.2, 0) is 4.74 Å². The fourth-order valence-electron chi connectivity index (χ4n) is 3.58. The van der Waals surface area contributed by atoms with Crippen LogP contribution in [0.1, 0.15) is 11.5 Å². The van der Waals surface area contributed by atoms with Crippen LogP contribution in [0.4, 0.5) is 10.5 Å². The lowest BCUT2D eigenvalue weighted by Gasteiger charge is -2.21. The van der Waals surface area contributed by atoms with Gasteiger partial charge in [-0.3, -0.25) is 4.98 Å². The van der Waals surface area contributed by atoms with Gasteiger partial charge in [0.2, 0.25) is 0 Å². The highest BCUT2D eigenvalue weighted by Crippen LogP contribution is 2.30. The molecule has 6 nitrogen and oxygen atoms in total. The summed E-state index contributed by atoms with van der Waals surface area (Å²) in [7, 11) is 0. The molecule has 2 aromatic carbocycles. The first-order chi connectivity index (χ1) is 13.6. The van der Waals surface area contributed by atoms with Crippen LogP contribution in [0.2, 0.25) is 0 Å². The number of hydrogen-bond acceptors (Lipinski definition) is 4. The Morgan fingerprint density at radius 1 is 1.14 bits per heavy atom. The predicted octanol–water partition coefficient (Wildman–Crippen LogP) is 4.09. The molecule has 1 aromatic heterocycles. The molecule has 2 atom stereocenters. The average Bonchev–Trinajstić information content (AvgIpc) is 3.13. The van der Waals surface area contributed by atoms with E-state index >= 15 is 0 Å². The van der Waals surface area contributed by atoms with Gasteiger partial charge in [0.15, 0.2) is 0 Å². The number of amides is 1. The summed E-state index contributed by atoms with van der Waals surface area (Å²) in [6, 6.07) is 17.5. The number of aromatic nitrogens is 1. The minimum absolute atomic E-state index is 0.0752. The number of rotatable bonds is 3. The van der Waals surface area contributed by atoms with Gasteiger partial charge in [0, 0.05) is 41.3 Å². The molecule has 0 saturated carbocycles. The average molecular weight is 393 g/mol. The minimum Gasteiger partial charge on any atom is -0.465 e. The molecule has 142 valence electrons. The number of anilines is 1. The SMILES string of the molecule is O=C(O)N1CC(OC(=S)Nc2cccc3cnccc23)C(c2ccccc2)C1. The van der Waals surface area contributed by atoms with Crippen molar-refractivity contribution in [1.82, 2.24) is 9.88 Å². The highest BCUT2D eigenvalue weighted by Gasteiger charge is 2.38. The molecule has 7 heteroatoms. The van der Waals surface area contributed by atoms with Gasteiger partial charge < -0.3 is 20.1 Å². The van der Waals surface area contributed by atoms with Crippen LogP contribution in [0, 0.1) is 0 Å². The molecule has 2 N–H and O–H groups in total. The third-order valence-corrected chi connectivity index (χ3v) is 5.14. The number of pyridine rings is 1. The van der Waals surface area contributed by atoms with Crippen molar-refractivity contribution in [3.63, 3.8) is 0 Å². The zero-order chi connectivity index (χ0) is 19.5. The van der Waals surface area contributed by atoms with Crippen LogP contribution in [0.25, 0.3) is 10.8 Å². The number of nitrogens with zero attached hydrogens (tertiary/aromatic N) is 2. The lowest BCUT2D eigenvalue weighted by molar-refractivity contribution is 0.143. The molecule has 1 amide bonds. The zero-order valence-corrected chi connectivity index (χ0v) is 15.8. The first-order valence-electron chi connectivity index (χ1n) is 8.95. The Balaban J connectivity index is 1.52. The Morgan fingerprint density at radius 2 is 1.96 bits per heavy atom. The van der Waals surface area contributed by atoms with E-state index in [2.05, 4.69) is 10.3 Å². The number of nitrogens with one attached hydrogen (secondary N) is 1. The molecule has 28 heavy (non-hydrogen) atoms. The maximum Gasteiger partial charge on any atom is 0.407 e. The van der Waals surface area contributed by atoms with E-state index in [9.17, 15) is 9.90 Å². The Bertz CT molecular complexity index is 1010. The van der Waals surface area contributed by atoms with Crippen molar-refractivity contribution in [3.8, 4) is 0 Å². The second kappa shape index (κ2) is 7.82. The van der Waals surface area contributed by atoms with Crippen LogP contribution < -0.4 is 5.32 Å². The number of carboxylic acid groups (broad SMARTS) is 1. The fraction of sp³-hybridized carbons (Fsp3) is 0.190.